The van der Waals surface area contributed by atoms with Crippen molar-refractivity contribution < 1.29 is 0 Å². The number of aromatic nitrogens is 4. The van der Waals surface area contributed by atoms with Gasteiger partial charge in [-0.25, -0.2) is 4.98 Å². The Morgan fingerprint density at radius 3 is 2.72 bits per heavy atom. The number of hydrogen-bond donors (Lipinski definition) is 2. The lowest BCUT2D eigenvalue weighted by Crippen LogP contribution is -2.28. The van der Waals surface area contributed by atoms with Gasteiger partial charge in [-0.3, -0.25) is 16.0 Å². The summed E-state index contributed by atoms with van der Waals surface area (Å²) in [6.07, 6.45) is 7.56. The second-order valence-electron chi connectivity index (χ2n) is 4.56. The van der Waals surface area contributed by atoms with Crippen molar-refractivity contribution in [2.24, 2.45) is 19.9 Å². The topological polar surface area (TPSA) is 73.7 Å². The van der Waals surface area contributed by atoms with Crippen molar-refractivity contribution >= 4 is 0 Å². The van der Waals surface area contributed by atoms with Gasteiger partial charge in [-0.15, -0.1) is 0 Å². The standard InChI is InChI=1S/C12H20N6/c1-9-10(8-18(3)16-9)11(15-13)4-5-12-14-6-7-17(12)2/h6-8,11,15H,4-5,13H2,1-3H3. The van der Waals surface area contributed by atoms with E-state index in [0.29, 0.717) is 0 Å². The highest BCUT2D eigenvalue weighted by Crippen LogP contribution is 2.20. The molecule has 0 amide bonds. The van der Waals surface area contributed by atoms with E-state index in [-0.39, 0.29) is 6.04 Å². The van der Waals surface area contributed by atoms with E-state index in [2.05, 4.69) is 15.5 Å². The highest BCUT2D eigenvalue weighted by atomic mass is 15.3. The molecule has 0 aromatic carbocycles. The summed E-state index contributed by atoms with van der Waals surface area (Å²) in [5.41, 5.74) is 5.03. The molecule has 18 heavy (non-hydrogen) atoms. The average Bonchev–Trinajstić information content (AvgIpc) is 2.87. The molecule has 1 atom stereocenters. The largest absolute Gasteiger partial charge is 0.338 e. The molecule has 6 nitrogen and oxygen atoms in total. The third-order valence-corrected chi connectivity index (χ3v) is 3.21. The van der Waals surface area contributed by atoms with E-state index in [4.69, 9.17) is 5.84 Å². The van der Waals surface area contributed by atoms with Gasteiger partial charge in [0.15, 0.2) is 0 Å². The second kappa shape index (κ2) is 5.32. The van der Waals surface area contributed by atoms with E-state index in [1.807, 2.05) is 48.9 Å². The molecule has 0 aliphatic carbocycles. The number of nitrogens with two attached hydrogens (primary N) is 1. The Morgan fingerprint density at radius 1 is 1.44 bits per heavy atom. The maximum Gasteiger partial charge on any atom is 0.108 e. The molecule has 0 spiro atoms. The van der Waals surface area contributed by atoms with Gasteiger partial charge in [0.1, 0.15) is 5.82 Å². The molecule has 1 unspecified atom stereocenters. The number of hydrogen-bond acceptors (Lipinski definition) is 4. The molecule has 6 heteroatoms. The molecule has 2 aromatic heterocycles. The van der Waals surface area contributed by atoms with E-state index in [1.54, 1.807) is 0 Å². The predicted molar refractivity (Wildman–Crippen MR) is 69.5 cm³/mol. The minimum Gasteiger partial charge on any atom is -0.338 e. The molecule has 98 valence electrons. The molecule has 0 saturated carbocycles. The van der Waals surface area contributed by atoms with E-state index in [0.717, 1.165) is 29.9 Å². The number of imidazole rings is 1. The SMILES string of the molecule is Cc1nn(C)cc1C(CCc1nccn1C)NN. The zero-order valence-electron chi connectivity index (χ0n) is 11.1. The maximum absolute atomic E-state index is 5.65. The lowest BCUT2D eigenvalue weighted by molar-refractivity contribution is 0.504. The van der Waals surface area contributed by atoms with E-state index in [1.165, 1.54) is 0 Å². The van der Waals surface area contributed by atoms with Crippen LogP contribution in [0.3, 0.4) is 0 Å². The van der Waals surface area contributed by atoms with Gasteiger partial charge < -0.3 is 4.57 Å². The zero-order chi connectivity index (χ0) is 13.1. The fourth-order valence-electron chi connectivity index (χ4n) is 2.20. The van der Waals surface area contributed by atoms with E-state index >= 15 is 0 Å². The molecule has 0 aliphatic heterocycles. The van der Waals surface area contributed by atoms with Crippen LogP contribution in [0.15, 0.2) is 18.6 Å². The number of nitrogens with zero attached hydrogens (tertiary/aromatic N) is 4. The van der Waals surface area contributed by atoms with Crippen molar-refractivity contribution in [2.75, 3.05) is 0 Å². The molecule has 0 bridgehead atoms. The summed E-state index contributed by atoms with van der Waals surface area (Å²) < 4.78 is 3.85. The first kappa shape index (κ1) is 12.8. The van der Waals surface area contributed by atoms with Gasteiger partial charge in [0.05, 0.1) is 5.69 Å². The van der Waals surface area contributed by atoms with Crippen LogP contribution >= 0.6 is 0 Å². The first-order chi connectivity index (χ1) is 8.61. The van der Waals surface area contributed by atoms with Crippen LogP contribution in [-0.2, 0) is 20.5 Å². The first-order valence-electron chi connectivity index (χ1n) is 6.04. The van der Waals surface area contributed by atoms with Gasteiger partial charge in [-0.1, -0.05) is 0 Å². The lowest BCUT2D eigenvalue weighted by atomic mass is 10.0. The number of hydrazine groups is 1. The Kier molecular flexibility index (Phi) is 3.78. The van der Waals surface area contributed by atoms with Crippen LogP contribution in [0.25, 0.3) is 0 Å². The van der Waals surface area contributed by atoms with E-state index in [9.17, 15) is 0 Å². The Hall–Kier alpha value is -1.66. The molecule has 3 N–H and O–H groups in total. The van der Waals surface area contributed by atoms with Crippen molar-refractivity contribution in [2.45, 2.75) is 25.8 Å². The monoisotopic (exact) mass is 248 g/mol. The van der Waals surface area contributed by atoms with Crippen LogP contribution in [-0.4, -0.2) is 19.3 Å². The smallest absolute Gasteiger partial charge is 0.108 e. The van der Waals surface area contributed by atoms with E-state index < -0.39 is 0 Å². The van der Waals surface area contributed by atoms with Crippen LogP contribution in [0.5, 0.6) is 0 Å². The Morgan fingerprint density at radius 2 is 2.22 bits per heavy atom. The summed E-state index contributed by atoms with van der Waals surface area (Å²) in [5.74, 6) is 6.71. The third-order valence-electron chi connectivity index (χ3n) is 3.21. The van der Waals surface area contributed by atoms with Crippen LogP contribution in [0.4, 0.5) is 0 Å². The quantitative estimate of drug-likeness (QED) is 0.600. The first-order valence-corrected chi connectivity index (χ1v) is 6.04. The fourth-order valence-corrected chi connectivity index (χ4v) is 2.20. The van der Waals surface area contributed by atoms with Crippen molar-refractivity contribution in [3.05, 3.63) is 35.7 Å². The predicted octanol–water partition coefficient (Wildman–Crippen LogP) is 0.599. The van der Waals surface area contributed by atoms with Gasteiger partial charge in [0, 0.05) is 50.7 Å². The average molecular weight is 248 g/mol. The summed E-state index contributed by atoms with van der Waals surface area (Å²) in [6.45, 7) is 2.00. The highest BCUT2D eigenvalue weighted by Gasteiger charge is 2.15. The summed E-state index contributed by atoms with van der Waals surface area (Å²) in [6, 6.07) is 0.107. The summed E-state index contributed by atoms with van der Waals surface area (Å²) in [7, 11) is 3.92. The van der Waals surface area contributed by atoms with Gasteiger partial charge in [0.25, 0.3) is 0 Å². The molecular formula is C12H20N6. The van der Waals surface area contributed by atoms with Crippen LogP contribution in [0, 0.1) is 6.92 Å². The number of aryl methyl sites for hydroxylation is 4. The molecule has 2 heterocycles. The molecule has 0 radical (unpaired) electrons. The van der Waals surface area contributed by atoms with Crippen molar-refractivity contribution in [3.63, 3.8) is 0 Å². The summed E-state index contributed by atoms with van der Waals surface area (Å²) >= 11 is 0. The van der Waals surface area contributed by atoms with Crippen LogP contribution in [0.2, 0.25) is 0 Å². The molecule has 0 saturated heterocycles. The third kappa shape index (κ3) is 2.60. The lowest BCUT2D eigenvalue weighted by Gasteiger charge is -2.14. The Bertz CT molecular complexity index is 512. The Labute approximate surface area is 107 Å². The maximum atomic E-state index is 5.65. The zero-order valence-corrected chi connectivity index (χ0v) is 11.1. The highest BCUT2D eigenvalue weighted by molar-refractivity contribution is 5.20. The Balaban J connectivity index is 2.06. The van der Waals surface area contributed by atoms with Crippen molar-refractivity contribution in [3.8, 4) is 0 Å². The minimum absolute atomic E-state index is 0.107. The molecule has 2 rings (SSSR count). The molecular weight excluding hydrogens is 228 g/mol. The number of nitrogens with one attached hydrogen (secondary N) is 1. The van der Waals surface area contributed by atoms with Crippen molar-refractivity contribution in [1.29, 1.82) is 0 Å². The molecule has 2 aromatic rings. The van der Waals surface area contributed by atoms with Gasteiger partial charge >= 0.3 is 0 Å². The van der Waals surface area contributed by atoms with Gasteiger partial charge in [-0.2, -0.15) is 5.10 Å². The van der Waals surface area contributed by atoms with Crippen LogP contribution < -0.4 is 11.3 Å². The van der Waals surface area contributed by atoms with Crippen LogP contribution in [0.1, 0.15) is 29.5 Å². The minimum atomic E-state index is 0.107. The normalized spacial score (nSPS) is 12.9. The van der Waals surface area contributed by atoms with Crippen molar-refractivity contribution in [1.82, 2.24) is 24.8 Å². The van der Waals surface area contributed by atoms with Gasteiger partial charge in [0.2, 0.25) is 0 Å². The summed E-state index contributed by atoms with van der Waals surface area (Å²) in [5, 5.41) is 4.34. The van der Waals surface area contributed by atoms with Gasteiger partial charge in [-0.05, 0) is 13.3 Å². The molecule has 0 aliphatic rings. The fraction of sp³-hybridized carbons (Fsp3) is 0.500. The summed E-state index contributed by atoms with van der Waals surface area (Å²) in [4.78, 5) is 4.32. The number of rotatable bonds is 5. The molecule has 0 fully saturated rings. The second-order valence-corrected chi connectivity index (χ2v) is 4.56.